The number of carbonyl (C=O) groups is 5. The Bertz CT molecular complexity index is 914. The summed E-state index contributed by atoms with van der Waals surface area (Å²) in [4.78, 5) is 67.7. The van der Waals surface area contributed by atoms with Gasteiger partial charge in [0.15, 0.2) is 0 Å². The van der Waals surface area contributed by atoms with Crippen molar-refractivity contribution in [2.75, 3.05) is 14.1 Å². The number of imide groups is 2. The van der Waals surface area contributed by atoms with Crippen LogP contribution in [0.3, 0.4) is 0 Å². The van der Waals surface area contributed by atoms with Crippen LogP contribution >= 0.6 is 0 Å². The molecule has 4 bridgehead atoms. The van der Waals surface area contributed by atoms with Crippen LogP contribution in [0.2, 0.25) is 0 Å². The lowest BCUT2D eigenvalue weighted by molar-refractivity contribution is -0.145. The summed E-state index contributed by atoms with van der Waals surface area (Å²) in [5, 5.41) is 0. The molecule has 7 aliphatic rings. The minimum absolute atomic E-state index is 0.0284. The summed E-state index contributed by atoms with van der Waals surface area (Å²) in [5.41, 5.74) is -0.991. The van der Waals surface area contributed by atoms with Crippen LogP contribution in [0.15, 0.2) is 0 Å². The van der Waals surface area contributed by atoms with Crippen molar-refractivity contribution in [3.63, 3.8) is 0 Å². The van der Waals surface area contributed by atoms with Crippen molar-refractivity contribution >= 4 is 29.4 Å². The first-order valence-electron chi connectivity index (χ1n) is 11.4. The zero-order chi connectivity index (χ0) is 20.9. The summed E-state index contributed by atoms with van der Waals surface area (Å²) >= 11 is 0. The van der Waals surface area contributed by atoms with E-state index < -0.39 is 10.8 Å². The number of carbonyl (C=O) groups excluding carboxylic acids is 5. The van der Waals surface area contributed by atoms with Gasteiger partial charge in [-0.3, -0.25) is 33.8 Å². The second-order valence-electron chi connectivity index (χ2n) is 11.3. The monoisotopic (exact) mass is 410 g/mol. The summed E-state index contributed by atoms with van der Waals surface area (Å²) in [6.45, 7) is 0. The predicted octanol–water partition coefficient (Wildman–Crippen LogP) is 0.864. The van der Waals surface area contributed by atoms with E-state index in [0.717, 1.165) is 38.5 Å². The van der Waals surface area contributed by atoms with E-state index in [4.69, 9.17) is 0 Å². The van der Waals surface area contributed by atoms with Crippen molar-refractivity contribution < 1.29 is 24.0 Å². The van der Waals surface area contributed by atoms with Gasteiger partial charge in [0.25, 0.3) is 0 Å². The third-order valence-corrected chi connectivity index (χ3v) is 10.8. The minimum Gasteiger partial charge on any atom is -0.298 e. The van der Waals surface area contributed by atoms with Gasteiger partial charge in [0.05, 0.1) is 23.7 Å². The van der Waals surface area contributed by atoms with Crippen molar-refractivity contribution in [3.8, 4) is 0 Å². The zero-order valence-electron chi connectivity index (χ0n) is 17.3. The molecule has 0 aromatic rings. The van der Waals surface area contributed by atoms with Gasteiger partial charge in [-0.2, -0.15) is 0 Å². The van der Waals surface area contributed by atoms with Crippen molar-refractivity contribution in [3.05, 3.63) is 0 Å². The third kappa shape index (κ3) is 1.52. The molecule has 7 nitrogen and oxygen atoms in total. The highest BCUT2D eigenvalue weighted by Crippen LogP contribution is 2.75. The number of hydrogen-bond donors (Lipinski definition) is 0. The lowest BCUT2D eigenvalue weighted by Gasteiger charge is -2.42. The SMILES string of the molecule is CN1C(=O)C2C3CC(C2C1=O)C1(CCC2(CC4CC2C2C(=O)N(C)C(=O)C42)C1=O)C3. The molecule has 10 atom stereocenters. The first kappa shape index (κ1) is 17.6. The van der Waals surface area contributed by atoms with Gasteiger partial charge >= 0.3 is 0 Å². The van der Waals surface area contributed by atoms with Crippen LogP contribution in [0.25, 0.3) is 0 Å². The standard InChI is InChI=1S/C23H26N2O5/c1-24-17(26)13-9-5-11(15(13)19(24)28)22(7-9)3-4-23(21(22)30)8-10-6-12(23)16-14(10)18(27)25(2)20(16)29/h9-16H,3-8H2,1-2H3. The highest BCUT2D eigenvalue weighted by Gasteiger charge is 2.78. The molecule has 5 aliphatic carbocycles. The smallest absolute Gasteiger partial charge is 0.233 e. The predicted molar refractivity (Wildman–Crippen MR) is 101 cm³/mol. The van der Waals surface area contributed by atoms with Crippen molar-refractivity contribution in [1.29, 1.82) is 0 Å². The van der Waals surface area contributed by atoms with Crippen LogP contribution in [0.5, 0.6) is 0 Å². The zero-order valence-corrected chi connectivity index (χ0v) is 17.3. The Balaban J connectivity index is 1.26. The molecule has 2 spiro atoms. The van der Waals surface area contributed by atoms with E-state index in [1.807, 2.05) is 0 Å². The number of nitrogens with zero attached hydrogens (tertiary/aromatic N) is 2. The summed E-state index contributed by atoms with van der Waals surface area (Å²) in [7, 11) is 3.14. The highest BCUT2D eigenvalue weighted by atomic mass is 16.2. The Morgan fingerprint density at radius 1 is 0.633 bits per heavy atom. The molecular formula is C23H26N2O5. The van der Waals surface area contributed by atoms with Gasteiger partial charge in [-0.05, 0) is 62.2 Å². The van der Waals surface area contributed by atoms with Crippen LogP contribution < -0.4 is 0 Å². The molecule has 0 aromatic carbocycles. The van der Waals surface area contributed by atoms with Gasteiger partial charge in [0.1, 0.15) is 5.78 Å². The van der Waals surface area contributed by atoms with Gasteiger partial charge in [0.2, 0.25) is 23.6 Å². The first-order chi connectivity index (χ1) is 14.2. The van der Waals surface area contributed by atoms with Gasteiger partial charge < -0.3 is 0 Å². The minimum atomic E-state index is -0.496. The Morgan fingerprint density at radius 3 is 1.40 bits per heavy atom. The number of Topliss-reactive ketones (excluding diaryl/α,β-unsaturated/α-hetero) is 1. The maximum Gasteiger partial charge on any atom is 0.233 e. The Kier molecular flexibility index (Phi) is 2.87. The molecule has 2 saturated heterocycles. The maximum absolute atomic E-state index is 14.2. The fourth-order valence-electron chi connectivity index (χ4n) is 9.86. The second-order valence-corrected chi connectivity index (χ2v) is 11.3. The summed E-state index contributed by atoms with van der Waals surface area (Å²) in [6.07, 6.45) is 4.63. The van der Waals surface area contributed by atoms with Crippen molar-refractivity contribution in [1.82, 2.24) is 9.80 Å². The first-order valence-corrected chi connectivity index (χ1v) is 11.4. The topological polar surface area (TPSA) is 91.8 Å². The second kappa shape index (κ2) is 4.89. The van der Waals surface area contributed by atoms with Crippen LogP contribution in [-0.4, -0.2) is 53.3 Å². The van der Waals surface area contributed by atoms with Crippen molar-refractivity contribution in [2.24, 2.45) is 58.2 Å². The number of fused-ring (bicyclic) bond motifs is 12. The lowest BCUT2D eigenvalue weighted by Crippen LogP contribution is -2.48. The lowest BCUT2D eigenvalue weighted by atomic mass is 9.58. The summed E-state index contributed by atoms with van der Waals surface area (Å²) < 4.78 is 0. The van der Waals surface area contributed by atoms with Crippen LogP contribution in [-0.2, 0) is 24.0 Å². The third-order valence-electron chi connectivity index (χ3n) is 10.8. The number of amides is 4. The number of rotatable bonds is 0. The molecule has 30 heavy (non-hydrogen) atoms. The van der Waals surface area contributed by atoms with E-state index in [-0.39, 0.29) is 76.8 Å². The molecule has 0 N–H and O–H groups in total. The average molecular weight is 410 g/mol. The van der Waals surface area contributed by atoms with E-state index in [9.17, 15) is 24.0 Å². The molecule has 7 fully saturated rings. The van der Waals surface area contributed by atoms with E-state index in [1.54, 1.807) is 14.1 Å². The highest BCUT2D eigenvalue weighted by molar-refractivity contribution is 6.08. The molecule has 7 heteroatoms. The quantitative estimate of drug-likeness (QED) is 0.553. The average Bonchev–Trinajstić information content (AvgIpc) is 3.56. The molecule has 2 heterocycles. The fraction of sp³-hybridized carbons (Fsp3) is 0.783. The van der Waals surface area contributed by atoms with Crippen LogP contribution in [0.4, 0.5) is 0 Å². The van der Waals surface area contributed by atoms with E-state index in [2.05, 4.69) is 0 Å². The largest absolute Gasteiger partial charge is 0.298 e. The molecule has 0 radical (unpaired) electrons. The molecule has 4 amide bonds. The van der Waals surface area contributed by atoms with Crippen molar-refractivity contribution in [2.45, 2.75) is 38.5 Å². The van der Waals surface area contributed by atoms with Gasteiger partial charge in [0, 0.05) is 24.9 Å². The fourth-order valence-corrected chi connectivity index (χ4v) is 9.86. The number of ketones is 1. The number of hydrogen-bond acceptors (Lipinski definition) is 5. The van der Waals surface area contributed by atoms with E-state index in [0.29, 0.717) is 0 Å². The van der Waals surface area contributed by atoms with Gasteiger partial charge in [-0.1, -0.05) is 0 Å². The molecule has 0 aromatic heterocycles. The normalized spacial score (nSPS) is 55.3. The van der Waals surface area contributed by atoms with Gasteiger partial charge in [-0.15, -0.1) is 0 Å². The summed E-state index contributed by atoms with van der Waals surface area (Å²) in [6, 6.07) is 0. The molecule has 158 valence electrons. The van der Waals surface area contributed by atoms with Crippen LogP contribution in [0, 0.1) is 58.2 Å². The molecule has 10 unspecified atom stereocenters. The molecule has 5 saturated carbocycles. The van der Waals surface area contributed by atoms with Gasteiger partial charge in [-0.25, -0.2) is 0 Å². The maximum atomic E-state index is 14.2. The van der Waals surface area contributed by atoms with Crippen LogP contribution in [0.1, 0.15) is 38.5 Å². The Hall–Kier alpha value is -2.05. The van der Waals surface area contributed by atoms with E-state index in [1.165, 1.54) is 9.80 Å². The number of likely N-dealkylation sites (tertiary alicyclic amines) is 2. The van der Waals surface area contributed by atoms with E-state index >= 15 is 0 Å². The molecular weight excluding hydrogens is 384 g/mol. The Labute approximate surface area is 174 Å². The molecule has 7 rings (SSSR count). The summed E-state index contributed by atoms with van der Waals surface area (Å²) in [5.74, 6) is -0.950. The molecule has 2 aliphatic heterocycles. The Morgan fingerprint density at radius 2 is 1.00 bits per heavy atom.